The van der Waals surface area contributed by atoms with Gasteiger partial charge in [-0.25, -0.2) is 4.79 Å². The van der Waals surface area contributed by atoms with E-state index in [1.165, 1.54) is 6.92 Å². The molecule has 0 saturated carbocycles. The van der Waals surface area contributed by atoms with Crippen LogP contribution in [0.2, 0.25) is 0 Å². The molecule has 0 bridgehead atoms. The van der Waals surface area contributed by atoms with Crippen molar-refractivity contribution in [3.05, 3.63) is 0 Å². The molecule has 1 aliphatic heterocycles. The highest BCUT2D eigenvalue weighted by Crippen LogP contribution is 2.08. The number of aliphatic carboxylic acids is 1. The minimum atomic E-state index is -1.01. The van der Waals surface area contributed by atoms with Crippen molar-refractivity contribution in [2.45, 2.75) is 39.3 Å². The Balaban J connectivity index is 2.38. The van der Waals surface area contributed by atoms with Gasteiger partial charge in [0.25, 0.3) is 0 Å². The zero-order valence-corrected chi connectivity index (χ0v) is 11.3. The molecule has 104 valence electrons. The first-order chi connectivity index (χ1) is 8.45. The number of piperazine rings is 1. The SMILES string of the molecule is CCC(C)N1CCN(C(=O)NC(C)C(=O)O)CC1. The average molecular weight is 257 g/mol. The highest BCUT2D eigenvalue weighted by atomic mass is 16.4. The molecule has 1 aliphatic rings. The van der Waals surface area contributed by atoms with E-state index in [-0.39, 0.29) is 6.03 Å². The Morgan fingerprint density at radius 2 is 1.78 bits per heavy atom. The van der Waals surface area contributed by atoms with Crippen LogP contribution in [0.5, 0.6) is 0 Å². The molecule has 6 nitrogen and oxygen atoms in total. The summed E-state index contributed by atoms with van der Waals surface area (Å²) >= 11 is 0. The summed E-state index contributed by atoms with van der Waals surface area (Å²) in [7, 11) is 0. The van der Waals surface area contributed by atoms with Gasteiger partial charge in [0, 0.05) is 32.2 Å². The van der Waals surface area contributed by atoms with Gasteiger partial charge in [-0.05, 0) is 20.3 Å². The summed E-state index contributed by atoms with van der Waals surface area (Å²) in [5, 5.41) is 11.2. The van der Waals surface area contributed by atoms with E-state index in [4.69, 9.17) is 5.11 Å². The van der Waals surface area contributed by atoms with Gasteiger partial charge in [-0.2, -0.15) is 0 Å². The molecule has 0 radical (unpaired) electrons. The first kappa shape index (κ1) is 14.8. The first-order valence-electron chi connectivity index (χ1n) is 6.48. The Hall–Kier alpha value is -1.30. The molecular weight excluding hydrogens is 234 g/mol. The molecule has 0 aromatic carbocycles. The van der Waals surface area contributed by atoms with Crippen molar-refractivity contribution in [1.29, 1.82) is 0 Å². The number of amides is 2. The van der Waals surface area contributed by atoms with Crippen molar-refractivity contribution < 1.29 is 14.7 Å². The van der Waals surface area contributed by atoms with Crippen LogP contribution in [0.15, 0.2) is 0 Å². The van der Waals surface area contributed by atoms with Crippen molar-refractivity contribution in [1.82, 2.24) is 15.1 Å². The summed E-state index contributed by atoms with van der Waals surface area (Å²) in [6, 6.07) is -0.591. The number of rotatable bonds is 4. The van der Waals surface area contributed by atoms with E-state index >= 15 is 0 Å². The van der Waals surface area contributed by atoms with E-state index in [2.05, 4.69) is 24.1 Å². The van der Waals surface area contributed by atoms with E-state index in [1.54, 1.807) is 4.90 Å². The minimum Gasteiger partial charge on any atom is -0.480 e. The summed E-state index contributed by atoms with van der Waals surface area (Å²) in [6.45, 7) is 8.81. The second kappa shape index (κ2) is 6.58. The number of hydrogen-bond acceptors (Lipinski definition) is 3. The predicted octanol–water partition coefficient (Wildman–Crippen LogP) is 0.585. The molecule has 0 aromatic rings. The van der Waals surface area contributed by atoms with Gasteiger partial charge >= 0.3 is 12.0 Å². The summed E-state index contributed by atoms with van der Waals surface area (Å²) < 4.78 is 0. The Morgan fingerprint density at radius 3 is 2.22 bits per heavy atom. The van der Waals surface area contributed by atoms with Crippen LogP contribution in [0.1, 0.15) is 27.2 Å². The second-order valence-electron chi connectivity index (χ2n) is 4.79. The van der Waals surface area contributed by atoms with Crippen LogP contribution in [0, 0.1) is 0 Å². The van der Waals surface area contributed by atoms with Crippen molar-refractivity contribution >= 4 is 12.0 Å². The van der Waals surface area contributed by atoms with Crippen LogP contribution in [0.25, 0.3) is 0 Å². The fourth-order valence-electron chi connectivity index (χ4n) is 1.96. The number of urea groups is 1. The molecule has 18 heavy (non-hydrogen) atoms. The predicted molar refractivity (Wildman–Crippen MR) is 68.5 cm³/mol. The number of hydrogen-bond donors (Lipinski definition) is 2. The number of nitrogens with one attached hydrogen (secondary N) is 1. The molecule has 2 atom stereocenters. The van der Waals surface area contributed by atoms with Gasteiger partial charge in [0.1, 0.15) is 6.04 Å². The van der Waals surface area contributed by atoms with E-state index in [0.717, 1.165) is 19.5 Å². The molecule has 1 fully saturated rings. The van der Waals surface area contributed by atoms with Crippen LogP contribution in [0.4, 0.5) is 4.79 Å². The van der Waals surface area contributed by atoms with Crippen LogP contribution < -0.4 is 5.32 Å². The van der Waals surface area contributed by atoms with Crippen LogP contribution in [-0.4, -0.2) is 65.2 Å². The van der Waals surface area contributed by atoms with Crippen LogP contribution in [0.3, 0.4) is 0 Å². The monoisotopic (exact) mass is 257 g/mol. The van der Waals surface area contributed by atoms with Crippen molar-refractivity contribution in [2.75, 3.05) is 26.2 Å². The third-order valence-electron chi connectivity index (χ3n) is 3.53. The maximum Gasteiger partial charge on any atom is 0.325 e. The van der Waals surface area contributed by atoms with Crippen molar-refractivity contribution in [3.8, 4) is 0 Å². The third kappa shape index (κ3) is 3.87. The molecule has 2 unspecified atom stereocenters. The lowest BCUT2D eigenvalue weighted by molar-refractivity contribution is -0.138. The lowest BCUT2D eigenvalue weighted by atomic mass is 10.2. The van der Waals surface area contributed by atoms with Gasteiger partial charge in [-0.1, -0.05) is 6.92 Å². The Bertz CT molecular complexity index is 301. The smallest absolute Gasteiger partial charge is 0.325 e. The van der Waals surface area contributed by atoms with Crippen molar-refractivity contribution in [2.24, 2.45) is 0 Å². The summed E-state index contributed by atoms with van der Waals surface area (Å²) in [5.41, 5.74) is 0. The second-order valence-corrected chi connectivity index (χ2v) is 4.79. The summed E-state index contributed by atoms with van der Waals surface area (Å²) in [6.07, 6.45) is 1.10. The molecular formula is C12H23N3O3. The average Bonchev–Trinajstić information content (AvgIpc) is 2.37. The van der Waals surface area contributed by atoms with Gasteiger partial charge < -0.3 is 15.3 Å². The molecule has 2 N–H and O–H groups in total. The van der Waals surface area contributed by atoms with Gasteiger partial charge in [0.15, 0.2) is 0 Å². The molecule has 1 saturated heterocycles. The lowest BCUT2D eigenvalue weighted by Gasteiger charge is -2.37. The molecule has 2 amide bonds. The summed E-state index contributed by atoms with van der Waals surface area (Å²) in [5.74, 6) is -1.01. The highest BCUT2D eigenvalue weighted by molar-refractivity contribution is 5.82. The fourth-order valence-corrected chi connectivity index (χ4v) is 1.96. The Morgan fingerprint density at radius 1 is 1.22 bits per heavy atom. The van der Waals surface area contributed by atoms with Crippen LogP contribution in [-0.2, 0) is 4.79 Å². The number of carboxylic acids is 1. The molecule has 1 rings (SSSR count). The van der Waals surface area contributed by atoms with E-state index < -0.39 is 12.0 Å². The van der Waals surface area contributed by atoms with E-state index in [9.17, 15) is 9.59 Å². The normalized spacial score (nSPS) is 20.3. The van der Waals surface area contributed by atoms with Gasteiger partial charge in [-0.15, -0.1) is 0 Å². The molecule has 6 heteroatoms. The largest absolute Gasteiger partial charge is 0.480 e. The number of carbonyl (C=O) groups excluding carboxylic acids is 1. The number of carboxylic acid groups (broad SMARTS) is 1. The molecule has 1 heterocycles. The highest BCUT2D eigenvalue weighted by Gasteiger charge is 2.25. The van der Waals surface area contributed by atoms with E-state index in [0.29, 0.717) is 19.1 Å². The molecule has 0 spiro atoms. The zero-order chi connectivity index (χ0) is 13.7. The van der Waals surface area contributed by atoms with Gasteiger partial charge in [0.2, 0.25) is 0 Å². The van der Waals surface area contributed by atoms with Crippen molar-refractivity contribution in [3.63, 3.8) is 0 Å². The van der Waals surface area contributed by atoms with Gasteiger partial charge in [0.05, 0.1) is 0 Å². The standard InChI is InChI=1S/C12H23N3O3/c1-4-9(2)14-5-7-15(8-6-14)12(18)13-10(3)11(16)17/h9-10H,4-8H2,1-3H3,(H,13,18)(H,16,17). The summed E-state index contributed by atoms with van der Waals surface area (Å²) in [4.78, 5) is 26.5. The maximum atomic E-state index is 11.8. The molecule has 0 aromatic heterocycles. The Kier molecular flexibility index (Phi) is 5.40. The first-order valence-corrected chi connectivity index (χ1v) is 6.48. The lowest BCUT2D eigenvalue weighted by Crippen LogP contribution is -2.55. The van der Waals surface area contributed by atoms with Gasteiger partial charge in [-0.3, -0.25) is 9.69 Å². The number of nitrogens with zero attached hydrogens (tertiary/aromatic N) is 2. The van der Waals surface area contributed by atoms with E-state index in [1.807, 2.05) is 0 Å². The molecule has 0 aliphatic carbocycles. The maximum absolute atomic E-state index is 11.8. The quantitative estimate of drug-likeness (QED) is 0.773. The minimum absolute atomic E-state index is 0.284. The fraction of sp³-hybridized carbons (Fsp3) is 0.833. The topological polar surface area (TPSA) is 72.9 Å². The van der Waals surface area contributed by atoms with Crippen LogP contribution >= 0.6 is 0 Å². The zero-order valence-electron chi connectivity index (χ0n) is 11.3. The Labute approximate surface area is 108 Å². The number of carbonyl (C=O) groups is 2. The third-order valence-corrected chi connectivity index (χ3v) is 3.53.